The number of nitrogens with zero attached hydrogens (tertiary/aromatic N) is 1. The second-order valence-corrected chi connectivity index (χ2v) is 6.77. The van der Waals surface area contributed by atoms with Crippen molar-refractivity contribution in [1.82, 2.24) is 4.90 Å². The molecule has 0 saturated carbocycles. The van der Waals surface area contributed by atoms with Crippen molar-refractivity contribution in [3.05, 3.63) is 65.7 Å². The quantitative estimate of drug-likeness (QED) is 0.697. The first-order chi connectivity index (χ1) is 13.9. The van der Waals surface area contributed by atoms with Crippen LogP contribution in [0.4, 0.5) is 0 Å². The summed E-state index contributed by atoms with van der Waals surface area (Å²) >= 11 is 0. The third kappa shape index (κ3) is 4.56. The Balaban J connectivity index is 2.04. The minimum atomic E-state index is -1.20. The van der Waals surface area contributed by atoms with Gasteiger partial charge in [-0.25, -0.2) is 0 Å². The summed E-state index contributed by atoms with van der Waals surface area (Å²) in [6.07, 6.45) is -2.16. The number of hydrogen-bond donors (Lipinski definition) is 0. The van der Waals surface area contributed by atoms with Crippen LogP contribution < -0.4 is 4.74 Å². The number of ether oxygens (including phenoxy) is 3. The van der Waals surface area contributed by atoms with Gasteiger partial charge in [-0.3, -0.25) is 14.4 Å². The highest BCUT2D eigenvalue weighted by molar-refractivity contribution is 5.88. The summed E-state index contributed by atoms with van der Waals surface area (Å²) in [5.74, 6) is -0.917. The predicted octanol–water partition coefficient (Wildman–Crippen LogP) is 2.64. The number of benzene rings is 2. The molecule has 3 atom stereocenters. The Labute approximate surface area is 169 Å². The lowest BCUT2D eigenvalue weighted by molar-refractivity contribution is -0.166. The summed E-state index contributed by atoms with van der Waals surface area (Å²) in [6, 6.07) is 16.0. The largest absolute Gasteiger partial charge is 0.497 e. The van der Waals surface area contributed by atoms with Crippen molar-refractivity contribution >= 4 is 17.8 Å². The second kappa shape index (κ2) is 8.77. The van der Waals surface area contributed by atoms with Gasteiger partial charge in [0.05, 0.1) is 13.2 Å². The lowest BCUT2D eigenvalue weighted by atomic mass is 10.00. The van der Waals surface area contributed by atoms with Crippen LogP contribution in [0, 0.1) is 0 Å². The van der Waals surface area contributed by atoms with E-state index in [1.54, 1.807) is 36.3 Å². The van der Waals surface area contributed by atoms with E-state index in [1.807, 2.05) is 30.3 Å². The Morgan fingerprint density at radius 1 is 0.931 bits per heavy atom. The number of carbonyl (C=O) groups excluding carboxylic acids is 3. The monoisotopic (exact) mass is 397 g/mol. The fourth-order valence-electron chi connectivity index (χ4n) is 3.53. The van der Waals surface area contributed by atoms with Gasteiger partial charge in [-0.1, -0.05) is 42.5 Å². The molecule has 1 heterocycles. The van der Waals surface area contributed by atoms with Gasteiger partial charge in [-0.05, 0) is 23.3 Å². The molecule has 0 radical (unpaired) electrons. The topological polar surface area (TPSA) is 82.1 Å². The molecule has 0 N–H and O–H groups in total. The molecule has 2 aromatic carbocycles. The number of carbonyl (C=O) groups is 3. The molecule has 1 fully saturated rings. The Kier molecular flexibility index (Phi) is 6.16. The van der Waals surface area contributed by atoms with Crippen LogP contribution in [0.1, 0.15) is 31.0 Å². The van der Waals surface area contributed by atoms with Gasteiger partial charge in [0.25, 0.3) is 5.91 Å². The van der Waals surface area contributed by atoms with Crippen molar-refractivity contribution in [3.63, 3.8) is 0 Å². The highest BCUT2D eigenvalue weighted by Gasteiger charge is 2.52. The maximum Gasteiger partial charge on any atom is 0.303 e. The molecule has 1 amide bonds. The third-order valence-electron chi connectivity index (χ3n) is 4.72. The maximum absolute atomic E-state index is 13.2. The number of amides is 1. The molecule has 7 nitrogen and oxygen atoms in total. The van der Waals surface area contributed by atoms with E-state index in [2.05, 4.69) is 0 Å². The van der Waals surface area contributed by atoms with Gasteiger partial charge in [-0.15, -0.1) is 0 Å². The summed E-state index contributed by atoms with van der Waals surface area (Å²) in [5.41, 5.74) is 1.65. The standard InChI is InChI=1S/C22H23NO6/c1-14(24)28-20-19(17-9-11-18(27-3)12-10-17)23(13-16-7-5-4-6-8-16)22(26)21(20)29-15(2)25/h4-12,19-21H,13H2,1-3H3/t19?,20-,21+/m0/s1. The fourth-order valence-corrected chi connectivity index (χ4v) is 3.53. The van der Waals surface area contributed by atoms with Crippen LogP contribution in [0.3, 0.4) is 0 Å². The molecule has 152 valence electrons. The zero-order valence-electron chi connectivity index (χ0n) is 16.5. The molecule has 1 unspecified atom stereocenters. The van der Waals surface area contributed by atoms with Gasteiger partial charge in [0.2, 0.25) is 6.10 Å². The predicted molar refractivity (Wildman–Crippen MR) is 104 cm³/mol. The minimum absolute atomic E-state index is 0.284. The lowest BCUT2D eigenvalue weighted by Crippen LogP contribution is -2.36. The smallest absolute Gasteiger partial charge is 0.303 e. The van der Waals surface area contributed by atoms with E-state index in [1.165, 1.54) is 13.8 Å². The van der Waals surface area contributed by atoms with E-state index < -0.39 is 36.1 Å². The molecular formula is C22H23NO6. The Morgan fingerprint density at radius 2 is 1.55 bits per heavy atom. The molecule has 3 rings (SSSR count). The summed E-state index contributed by atoms with van der Waals surface area (Å²) in [6.45, 7) is 2.77. The molecule has 1 aliphatic heterocycles. The van der Waals surface area contributed by atoms with Crippen LogP contribution in [0.2, 0.25) is 0 Å². The zero-order valence-corrected chi connectivity index (χ0v) is 16.5. The van der Waals surface area contributed by atoms with Crippen LogP contribution in [-0.2, 0) is 30.4 Å². The average Bonchev–Trinajstić information content (AvgIpc) is 2.93. The molecule has 0 aromatic heterocycles. The first-order valence-electron chi connectivity index (χ1n) is 9.23. The van der Waals surface area contributed by atoms with E-state index >= 15 is 0 Å². The van der Waals surface area contributed by atoms with Crippen molar-refractivity contribution in [2.75, 3.05) is 7.11 Å². The number of likely N-dealkylation sites (tertiary alicyclic amines) is 1. The van der Waals surface area contributed by atoms with E-state index in [0.29, 0.717) is 5.75 Å². The normalized spacial score (nSPS) is 21.0. The highest BCUT2D eigenvalue weighted by Crippen LogP contribution is 2.38. The first kappa shape index (κ1) is 20.4. The fraction of sp³-hybridized carbons (Fsp3) is 0.318. The molecule has 2 aromatic rings. The van der Waals surface area contributed by atoms with Crippen LogP contribution in [0.25, 0.3) is 0 Å². The Bertz CT molecular complexity index is 880. The first-order valence-corrected chi connectivity index (χ1v) is 9.23. The minimum Gasteiger partial charge on any atom is -0.497 e. The molecular weight excluding hydrogens is 374 g/mol. The van der Waals surface area contributed by atoms with Crippen molar-refractivity contribution in [2.24, 2.45) is 0 Å². The number of esters is 2. The highest BCUT2D eigenvalue weighted by atomic mass is 16.6. The van der Waals surface area contributed by atoms with Crippen molar-refractivity contribution in [3.8, 4) is 5.75 Å². The molecule has 1 aliphatic rings. The Morgan fingerprint density at radius 3 is 2.10 bits per heavy atom. The van der Waals surface area contributed by atoms with Gasteiger partial charge < -0.3 is 19.1 Å². The van der Waals surface area contributed by atoms with Crippen LogP contribution in [0.15, 0.2) is 54.6 Å². The number of rotatable bonds is 6. The molecule has 7 heteroatoms. The van der Waals surface area contributed by atoms with Crippen molar-refractivity contribution in [2.45, 2.75) is 38.6 Å². The molecule has 0 aliphatic carbocycles. The van der Waals surface area contributed by atoms with Gasteiger partial charge in [0.1, 0.15) is 5.75 Å². The van der Waals surface area contributed by atoms with Crippen LogP contribution >= 0.6 is 0 Å². The molecule has 0 bridgehead atoms. The summed E-state index contributed by atoms with van der Waals surface area (Å²) in [4.78, 5) is 38.1. The maximum atomic E-state index is 13.2. The van der Waals surface area contributed by atoms with Gasteiger partial charge in [0.15, 0.2) is 6.10 Å². The van der Waals surface area contributed by atoms with Crippen LogP contribution in [-0.4, -0.2) is 42.1 Å². The molecule has 0 spiro atoms. The van der Waals surface area contributed by atoms with Gasteiger partial charge in [0, 0.05) is 20.4 Å². The van der Waals surface area contributed by atoms with E-state index in [4.69, 9.17) is 14.2 Å². The molecule has 29 heavy (non-hydrogen) atoms. The number of methoxy groups -OCH3 is 1. The van der Waals surface area contributed by atoms with E-state index in [0.717, 1.165) is 11.1 Å². The second-order valence-electron chi connectivity index (χ2n) is 6.77. The summed E-state index contributed by atoms with van der Waals surface area (Å²) in [5, 5.41) is 0. The van der Waals surface area contributed by atoms with Crippen molar-refractivity contribution in [1.29, 1.82) is 0 Å². The summed E-state index contributed by atoms with van der Waals surface area (Å²) in [7, 11) is 1.56. The van der Waals surface area contributed by atoms with Crippen LogP contribution in [0.5, 0.6) is 5.75 Å². The van der Waals surface area contributed by atoms with E-state index in [9.17, 15) is 14.4 Å². The van der Waals surface area contributed by atoms with Gasteiger partial charge >= 0.3 is 11.9 Å². The lowest BCUT2D eigenvalue weighted by Gasteiger charge is -2.28. The van der Waals surface area contributed by atoms with E-state index in [-0.39, 0.29) is 6.54 Å². The third-order valence-corrected chi connectivity index (χ3v) is 4.72. The molecule has 1 saturated heterocycles. The van der Waals surface area contributed by atoms with Crippen molar-refractivity contribution < 1.29 is 28.6 Å². The zero-order chi connectivity index (χ0) is 21.0. The Hall–Kier alpha value is -3.35. The van der Waals surface area contributed by atoms with Gasteiger partial charge in [-0.2, -0.15) is 0 Å². The summed E-state index contributed by atoms with van der Waals surface area (Å²) < 4.78 is 16.0. The SMILES string of the molecule is COc1ccc(C2[C@H](OC(C)=O)[C@@H](OC(C)=O)C(=O)N2Cc2ccccc2)cc1. The average molecular weight is 397 g/mol. The number of hydrogen-bond acceptors (Lipinski definition) is 6.